The zero-order chi connectivity index (χ0) is 15.9. The van der Waals surface area contributed by atoms with Crippen LogP contribution in [-0.2, 0) is 13.5 Å². The Morgan fingerprint density at radius 3 is 1.53 bits per heavy atom. The van der Waals surface area contributed by atoms with Gasteiger partial charge in [-0.3, -0.25) is 0 Å². The lowest BCUT2D eigenvalue weighted by molar-refractivity contribution is -0.116. The highest BCUT2D eigenvalue weighted by molar-refractivity contribution is 7.94. The molecule has 19 heavy (non-hydrogen) atoms. The van der Waals surface area contributed by atoms with Crippen LogP contribution in [0.3, 0.4) is 0 Å². The van der Waals surface area contributed by atoms with Gasteiger partial charge in [0.15, 0.2) is 0 Å². The average Bonchev–Trinajstić information content (AvgIpc) is 2.12. The van der Waals surface area contributed by atoms with Crippen molar-refractivity contribution in [2.45, 2.75) is 32.6 Å². The first-order valence-corrected chi connectivity index (χ1v) is 8.95. The van der Waals surface area contributed by atoms with E-state index in [4.69, 9.17) is 43.7 Å². The Morgan fingerprint density at radius 1 is 0.895 bits per heavy atom. The molecule has 0 aliphatic rings. The van der Waals surface area contributed by atoms with Crippen molar-refractivity contribution in [3.8, 4) is 0 Å². The number of rotatable bonds is 6. The van der Waals surface area contributed by atoms with Gasteiger partial charge in [0.1, 0.15) is 0 Å². The first-order chi connectivity index (χ1) is 8.41. The van der Waals surface area contributed by atoms with Gasteiger partial charge in [0, 0.05) is 17.8 Å². The first-order valence-electron chi connectivity index (χ1n) is 4.91. The van der Waals surface area contributed by atoms with Crippen LogP contribution in [0.5, 0.6) is 0 Å². The van der Waals surface area contributed by atoms with E-state index in [0.717, 1.165) is 24.2 Å². The summed E-state index contributed by atoms with van der Waals surface area (Å²) >= 11 is 1.11. The summed E-state index contributed by atoms with van der Waals surface area (Å²) in [5, 5.41) is 7.89. The van der Waals surface area contributed by atoms with Crippen LogP contribution in [0.2, 0.25) is 0 Å². The summed E-state index contributed by atoms with van der Waals surface area (Å²) in [5.41, 5.74) is 0. The highest BCUT2D eigenvalue weighted by Gasteiger charge is 2.00. The summed E-state index contributed by atoms with van der Waals surface area (Å²) < 4.78 is 21.6. The van der Waals surface area contributed by atoms with Crippen LogP contribution in [0.4, 0.5) is 0 Å². The van der Waals surface area contributed by atoms with Gasteiger partial charge in [-0.25, -0.2) is 14.4 Å². The Labute approximate surface area is 115 Å². The molecule has 0 aromatic carbocycles. The molecule has 0 aliphatic heterocycles. The van der Waals surface area contributed by atoms with E-state index in [2.05, 4.69) is 11.3 Å². The van der Waals surface area contributed by atoms with Gasteiger partial charge >= 0.3 is 15.6 Å². The lowest BCUT2D eigenvalue weighted by Crippen LogP contribution is -1.80. The minimum atomic E-state index is -4.64. The van der Waals surface area contributed by atoms with E-state index in [0.29, 0.717) is 0 Å². The van der Waals surface area contributed by atoms with E-state index in [-0.39, 0.29) is 0 Å². The molecule has 0 amide bonds. The van der Waals surface area contributed by atoms with Crippen LogP contribution < -0.4 is 0 Å². The first kappa shape index (κ1) is 24.5. The molecule has 0 aromatic rings. The molecule has 10 nitrogen and oxygen atoms in total. The van der Waals surface area contributed by atoms with Crippen LogP contribution in [0.1, 0.15) is 32.6 Å². The zero-order valence-corrected chi connectivity index (χ0v) is 12.8. The van der Waals surface area contributed by atoms with E-state index < -0.39 is 15.6 Å². The molecule has 0 bridgehead atoms. The maximum absolute atomic E-state index is 8.88. The largest absolute Gasteiger partial charge is 0.466 e. The molecule has 0 rings (SSSR count). The monoisotopic (exact) mass is 346 g/mol. The Morgan fingerprint density at radius 2 is 1.26 bits per heavy atom. The highest BCUT2D eigenvalue weighted by atomic mass is 32.2. The van der Waals surface area contributed by atoms with E-state index in [1.54, 1.807) is 0 Å². The molecule has 120 valence electrons. The molecule has 0 saturated carbocycles. The van der Waals surface area contributed by atoms with Crippen molar-refractivity contribution in [2.24, 2.45) is 0 Å². The smallest absolute Gasteiger partial charge is 0.303 e. The molecule has 0 unspecified atom stereocenters. The third-order valence-corrected chi connectivity index (χ3v) is 1.69. The van der Waals surface area contributed by atoms with Gasteiger partial charge in [0.25, 0.3) is 0 Å². The molecule has 0 saturated heterocycles. The molecule has 0 fully saturated rings. The number of hydrogen-bond acceptors (Lipinski definition) is 5. The molecule has 0 spiro atoms. The van der Waals surface area contributed by atoms with Gasteiger partial charge in [-0.15, -0.1) is 0 Å². The molecule has 0 atom stereocenters. The van der Waals surface area contributed by atoms with Crippen LogP contribution in [-0.4, -0.2) is 40.4 Å². The topological polar surface area (TPSA) is 185 Å². The van der Waals surface area contributed by atoms with Crippen molar-refractivity contribution in [1.29, 1.82) is 0 Å². The van der Waals surface area contributed by atoms with Crippen molar-refractivity contribution in [3.05, 3.63) is 0 Å². The number of unbranched alkanes of at least 4 members (excludes halogenated alkanes) is 3. The Bertz CT molecular complexity index is 220. The number of phosphoric acid groups is 2. The molecule has 7 N–H and O–H groups in total. The van der Waals surface area contributed by atoms with E-state index >= 15 is 0 Å². The SMILES string of the molecule is CCCCCCSOO.O=P(O)(O)O.O=P(O)(O)O. The quantitative estimate of drug-likeness (QED) is 0.119. The van der Waals surface area contributed by atoms with Crippen LogP contribution >= 0.6 is 27.7 Å². The summed E-state index contributed by atoms with van der Waals surface area (Å²) in [7, 11) is -9.28. The minimum absolute atomic E-state index is 0.899. The molecular weight excluding hydrogens is 326 g/mol. The Hall–Kier alpha value is 0.490. The summed E-state index contributed by atoms with van der Waals surface area (Å²) in [5.74, 6) is 0.899. The Balaban J connectivity index is -0.000000219. The molecule has 0 radical (unpaired) electrons. The van der Waals surface area contributed by atoms with Crippen molar-refractivity contribution in [2.75, 3.05) is 5.75 Å². The second-order valence-corrected chi connectivity index (χ2v) is 5.83. The minimum Gasteiger partial charge on any atom is -0.303 e. The fourth-order valence-corrected chi connectivity index (χ4v) is 1.02. The molecule has 0 heterocycles. The molecule has 0 aromatic heterocycles. The van der Waals surface area contributed by atoms with E-state index in [9.17, 15) is 0 Å². The maximum Gasteiger partial charge on any atom is 0.466 e. The second-order valence-electron chi connectivity index (χ2n) is 2.98. The standard InChI is InChI=1S/C6H14O2S.2H3O4P/c1-2-3-4-5-6-9-8-7;2*1-5(2,3)4/h7H,2-6H2,1H3;2*(H3,1,2,3,4). The lowest BCUT2D eigenvalue weighted by atomic mass is 10.2. The molecule has 0 aliphatic carbocycles. The Kier molecular flexibility index (Phi) is 19.2. The fraction of sp³-hybridized carbons (Fsp3) is 1.00. The van der Waals surface area contributed by atoms with E-state index in [1.165, 1.54) is 19.3 Å². The van der Waals surface area contributed by atoms with Gasteiger partial charge in [-0.1, -0.05) is 26.2 Å². The summed E-state index contributed by atoms with van der Waals surface area (Å²) in [6.07, 6.45) is 4.92. The number of hydrogen-bond donors (Lipinski definition) is 7. The lowest BCUT2D eigenvalue weighted by Gasteiger charge is -1.94. The third-order valence-electron chi connectivity index (χ3n) is 1.13. The van der Waals surface area contributed by atoms with Crippen LogP contribution in [0.15, 0.2) is 0 Å². The zero-order valence-electron chi connectivity index (χ0n) is 10.2. The van der Waals surface area contributed by atoms with Gasteiger partial charge in [0.2, 0.25) is 0 Å². The summed E-state index contributed by atoms with van der Waals surface area (Å²) in [6.45, 7) is 2.18. The van der Waals surface area contributed by atoms with Crippen molar-refractivity contribution in [3.63, 3.8) is 0 Å². The van der Waals surface area contributed by atoms with Gasteiger partial charge in [0.05, 0.1) is 0 Å². The predicted octanol–water partition coefficient (Wildman–Crippen LogP) is 0.847. The van der Waals surface area contributed by atoms with Crippen LogP contribution in [0.25, 0.3) is 0 Å². The van der Waals surface area contributed by atoms with Gasteiger partial charge in [-0.05, 0) is 6.42 Å². The predicted molar refractivity (Wildman–Crippen MR) is 68.8 cm³/mol. The molecular formula is C6H20O10P2S. The van der Waals surface area contributed by atoms with Gasteiger partial charge in [-0.2, -0.15) is 4.33 Å². The normalized spacial score (nSPS) is 10.9. The van der Waals surface area contributed by atoms with Crippen molar-refractivity contribution >= 4 is 27.7 Å². The summed E-state index contributed by atoms with van der Waals surface area (Å²) in [6, 6.07) is 0. The second kappa shape index (κ2) is 14.9. The van der Waals surface area contributed by atoms with Gasteiger partial charge < -0.3 is 29.4 Å². The van der Waals surface area contributed by atoms with Crippen LogP contribution in [0, 0.1) is 0 Å². The van der Waals surface area contributed by atoms with Crippen molar-refractivity contribution < 1.29 is 48.1 Å². The fourth-order valence-electron chi connectivity index (χ4n) is 0.625. The maximum atomic E-state index is 8.88. The summed E-state index contributed by atoms with van der Waals surface area (Å²) in [4.78, 5) is 43.1. The van der Waals surface area contributed by atoms with E-state index in [1.807, 2.05) is 0 Å². The molecule has 13 heteroatoms. The highest BCUT2D eigenvalue weighted by Crippen LogP contribution is 2.26. The van der Waals surface area contributed by atoms with Crippen molar-refractivity contribution in [1.82, 2.24) is 0 Å². The third kappa shape index (κ3) is 119. The average molecular weight is 346 g/mol.